The lowest BCUT2D eigenvalue weighted by Crippen LogP contribution is -1.96. The van der Waals surface area contributed by atoms with Crippen molar-refractivity contribution in [2.45, 2.75) is 64.4 Å². The molecule has 0 saturated heterocycles. The highest BCUT2D eigenvalue weighted by Crippen LogP contribution is 2.28. The quantitative estimate of drug-likeness (QED) is 0.635. The number of unbranched alkanes of at least 4 members (excludes halogenated alkanes) is 6. The molecule has 0 amide bonds. The van der Waals surface area contributed by atoms with E-state index >= 15 is 0 Å². The molecule has 2 nitrogen and oxygen atoms in total. The van der Waals surface area contributed by atoms with Gasteiger partial charge in [-0.05, 0) is 28.4 Å². The lowest BCUT2D eigenvalue weighted by atomic mass is 10.0. The van der Waals surface area contributed by atoms with Gasteiger partial charge in [0.25, 0.3) is 0 Å². The highest BCUT2D eigenvalue weighted by Gasteiger charge is 2.12. The molecule has 98 valence electrons. The van der Waals surface area contributed by atoms with Crippen LogP contribution in [0.4, 0.5) is 0 Å². The molecule has 17 heavy (non-hydrogen) atoms. The number of furan rings is 1. The molecule has 0 spiro atoms. The highest BCUT2D eigenvalue weighted by atomic mass is 79.9. The number of hydrogen-bond donors (Lipinski definition) is 1. The Bertz CT molecular complexity index is 296. The largest absolute Gasteiger partial charge is 0.457 e. The molecule has 1 aromatic heterocycles. The first kappa shape index (κ1) is 14.8. The summed E-state index contributed by atoms with van der Waals surface area (Å²) in [5, 5.41) is 9.94. The molecule has 0 aromatic carbocycles. The molecule has 0 aliphatic rings. The van der Waals surface area contributed by atoms with Crippen LogP contribution < -0.4 is 0 Å². The summed E-state index contributed by atoms with van der Waals surface area (Å²) in [6.45, 7) is 2.24. The zero-order chi connectivity index (χ0) is 12.5. The molecule has 0 aliphatic carbocycles. The normalized spacial score (nSPS) is 12.9. The maximum atomic E-state index is 9.94. The molecular weight excluding hydrogens is 280 g/mol. The first-order valence-electron chi connectivity index (χ1n) is 6.66. The first-order valence-corrected chi connectivity index (χ1v) is 7.46. The smallest absolute Gasteiger partial charge is 0.174 e. The van der Waals surface area contributed by atoms with E-state index in [4.69, 9.17) is 4.42 Å². The number of rotatable bonds is 9. The number of hydrogen-bond acceptors (Lipinski definition) is 2. The van der Waals surface area contributed by atoms with Gasteiger partial charge < -0.3 is 9.52 Å². The van der Waals surface area contributed by atoms with Crippen molar-refractivity contribution in [1.29, 1.82) is 0 Å². The summed E-state index contributed by atoms with van der Waals surface area (Å²) in [6, 6.07) is 1.83. The molecule has 3 heteroatoms. The second-order valence-corrected chi connectivity index (χ2v) is 5.30. The Morgan fingerprint density at radius 2 is 1.82 bits per heavy atom. The van der Waals surface area contributed by atoms with E-state index < -0.39 is 6.10 Å². The van der Waals surface area contributed by atoms with Crippen LogP contribution in [0.3, 0.4) is 0 Å². The summed E-state index contributed by atoms with van der Waals surface area (Å²) in [6.07, 6.45) is 11.0. The van der Waals surface area contributed by atoms with Gasteiger partial charge >= 0.3 is 0 Å². The van der Waals surface area contributed by atoms with Crippen molar-refractivity contribution < 1.29 is 9.52 Å². The van der Waals surface area contributed by atoms with Crippen LogP contribution in [0.1, 0.15) is 70.0 Å². The van der Waals surface area contributed by atoms with Gasteiger partial charge in [-0.2, -0.15) is 0 Å². The van der Waals surface area contributed by atoms with Crippen LogP contribution in [0, 0.1) is 0 Å². The molecule has 0 fully saturated rings. The minimum absolute atomic E-state index is 0.390. The van der Waals surface area contributed by atoms with Crippen LogP contribution in [-0.2, 0) is 0 Å². The summed E-state index contributed by atoms with van der Waals surface area (Å²) in [4.78, 5) is 0. The minimum atomic E-state index is -0.390. The predicted octanol–water partition coefficient (Wildman–Crippen LogP) is 5.22. The standard InChI is InChI=1S/C14H23BrO2/c1-2-3-4-5-6-7-8-9-13(16)12-10-11-17-14(12)15/h10-11,13,16H,2-9H2,1H3. The van der Waals surface area contributed by atoms with E-state index in [1.165, 1.54) is 38.5 Å². The molecular formula is C14H23BrO2. The summed E-state index contributed by atoms with van der Waals surface area (Å²) in [5.74, 6) is 0. The third kappa shape index (κ3) is 5.73. The first-order chi connectivity index (χ1) is 8.25. The van der Waals surface area contributed by atoms with Crippen LogP contribution in [0.5, 0.6) is 0 Å². The van der Waals surface area contributed by atoms with Crippen LogP contribution in [0.2, 0.25) is 0 Å². The van der Waals surface area contributed by atoms with Crippen LogP contribution in [-0.4, -0.2) is 5.11 Å². The fraction of sp³-hybridized carbons (Fsp3) is 0.714. The zero-order valence-corrected chi connectivity index (χ0v) is 12.2. The predicted molar refractivity (Wildman–Crippen MR) is 74.0 cm³/mol. The van der Waals surface area contributed by atoms with E-state index in [-0.39, 0.29) is 0 Å². The van der Waals surface area contributed by atoms with Crippen molar-refractivity contribution in [2.24, 2.45) is 0 Å². The third-order valence-electron chi connectivity index (χ3n) is 3.09. The van der Waals surface area contributed by atoms with Crippen LogP contribution >= 0.6 is 15.9 Å². The molecule has 1 heterocycles. The lowest BCUT2D eigenvalue weighted by Gasteiger charge is -2.08. The maximum absolute atomic E-state index is 9.94. The monoisotopic (exact) mass is 302 g/mol. The van der Waals surface area contributed by atoms with Gasteiger partial charge in [0.15, 0.2) is 4.67 Å². The Morgan fingerprint density at radius 3 is 2.41 bits per heavy atom. The van der Waals surface area contributed by atoms with E-state index in [1.807, 2.05) is 6.07 Å². The van der Waals surface area contributed by atoms with Crippen molar-refractivity contribution in [3.05, 3.63) is 22.6 Å². The van der Waals surface area contributed by atoms with Crippen molar-refractivity contribution in [1.82, 2.24) is 0 Å². The molecule has 0 bridgehead atoms. The maximum Gasteiger partial charge on any atom is 0.174 e. The number of aliphatic hydroxyl groups excluding tert-OH is 1. The van der Waals surface area contributed by atoms with E-state index in [0.717, 1.165) is 18.4 Å². The Labute approximate surface area is 113 Å². The van der Waals surface area contributed by atoms with Crippen molar-refractivity contribution in [3.63, 3.8) is 0 Å². The fourth-order valence-corrected chi connectivity index (χ4v) is 2.50. The van der Waals surface area contributed by atoms with Gasteiger partial charge in [0.1, 0.15) is 0 Å². The third-order valence-corrected chi connectivity index (χ3v) is 3.73. The Hall–Kier alpha value is -0.280. The SMILES string of the molecule is CCCCCCCCCC(O)c1ccoc1Br. The van der Waals surface area contributed by atoms with Gasteiger partial charge in [0.2, 0.25) is 0 Å². The van der Waals surface area contributed by atoms with Crippen molar-refractivity contribution in [3.8, 4) is 0 Å². The number of aliphatic hydroxyl groups is 1. The molecule has 1 atom stereocenters. The van der Waals surface area contributed by atoms with E-state index in [9.17, 15) is 5.11 Å². The molecule has 0 radical (unpaired) electrons. The van der Waals surface area contributed by atoms with Crippen LogP contribution in [0.15, 0.2) is 21.4 Å². The topological polar surface area (TPSA) is 33.4 Å². The van der Waals surface area contributed by atoms with Gasteiger partial charge in [0.05, 0.1) is 12.4 Å². The molecule has 1 rings (SSSR count). The van der Waals surface area contributed by atoms with Gasteiger partial charge in [-0.25, -0.2) is 0 Å². The number of halogens is 1. The fourth-order valence-electron chi connectivity index (χ4n) is 1.99. The Balaban J connectivity index is 2.05. The van der Waals surface area contributed by atoms with Gasteiger partial charge in [-0.15, -0.1) is 0 Å². The summed E-state index contributed by atoms with van der Waals surface area (Å²) >= 11 is 3.29. The zero-order valence-electron chi connectivity index (χ0n) is 10.6. The van der Waals surface area contributed by atoms with Gasteiger partial charge in [-0.3, -0.25) is 0 Å². The van der Waals surface area contributed by atoms with Crippen molar-refractivity contribution in [2.75, 3.05) is 0 Å². The Morgan fingerprint density at radius 1 is 1.18 bits per heavy atom. The molecule has 0 aliphatic heterocycles. The molecule has 0 saturated carbocycles. The Kier molecular flexibility index (Phi) is 7.62. The van der Waals surface area contributed by atoms with E-state index in [0.29, 0.717) is 4.67 Å². The molecule has 1 N–H and O–H groups in total. The lowest BCUT2D eigenvalue weighted by molar-refractivity contribution is 0.161. The molecule has 1 unspecified atom stereocenters. The second-order valence-electron chi connectivity index (χ2n) is 4.58. The second kappa shape index (κ2) is 8.76. The van der Waals surface area contributed by atoms with E-state index in [2.05, 4.69) is 22.9 Å². The van der Waals surface area contributed by atoms with E-state index in [1.54, 1.807) is 6.26 Å². The van der Waals surface area contributed by atoms with Crippen molar-refractivity contribution >= 4 is 15.9 Å². The average molecular weight is 303 g/mol. The summed E-state index contributed by atoms with van der Waals surface area (Å²) in [7, 11) is 0. The minimum Gasteiger partial charge on any atom is -0.457 e. The van der Waals surface area contributed by atoms with Crippen LogP contribution in [0.25, 0.3) is 0 Å². The highest BCUT2D eigenvalue weighted by molar-refractivity contribution is 9.10. The summed E-state index contributed by atoms with van der Waals surface area (Å²) < 4.78 is 5.77. The van der Waals surface area contributed by atoms with Gasteiger partial charge in [0, 0.05) is 5.56 Å². The van der Waals surface area contributed by atoms with Gasteiger partial charge in [-0.1, -0.05) is 51.9 Å². The molecule has 1 aromatic rings. The summed E-state index contributed by atoms with van der Waals surface area (Å²) in [5.41, 5.74) is 0.871. The average Bonchev–Trinajstić information content (AvgIpc) is 2.74.